The van der Waals surface area contributed by atoms with Crippen LogP contribution in [-0.2, 0) is 0 Å². The highest BCUT2D eigenvalue weighted by molar-refractivity contribution is 6.18. The van der Waals surface area contributed by atoms with E-state index in [4.69, 9.17) is 0 Å². The predicted octanol–water partition coefficient (Wildman–Crippen LogP) is 21.5. The molecule has 386 valence electrons. The summed E-state index contributed by atoms with van der Waals surface area (Å²) >= 11 is 0. The van der Waals surface area contributed by atoms with E-state index in [1.165, 1.54) is 54.8 Å². The Balaban J connectivity index is 0.776. The van der Waals surface area contributed by atoms with Crippen LogP contribution in [0.1, 0.15) is 0 Å². The molecule has 13 aromatic carbocycles. The molecule has 0 amide bonds. The topological polar surface area (TPSA) is 16.3 Å². The van der Waals surface area contributed by atoms with Gasteiger partial charge < -0.3 is 18.9 Å². The van der Waals surface area contributed by atoms with E-state index in [1.807, 2.05) is 0 Å². The van der Waals surface area contributed by atoms with Gasteiger partial charge in [-0.3, -0.25) is 0 Å². The van der Waals surface area contributed by atoms with Crippen LogP contribution in [0.4, 0.5) is 34.1 Å². The quantitative estimate of drug-likeness (QED) is 0.121. The zero-order valence-electron chi connectivity index (χ0n) is 45.0. The average Bonchev–Trinajstić information content (AvgIpc) is 4.16. The van der Waals surface area contributed by atoms with E-state index >= 15 is 0 Å². The summed E-state index contributed by atoms with van der Waals surface area (Å²) in [5.74, 6) is 0. The molecular weight excluding hydrogens is 993 g/mol. The summed E-state index contributed by atoms with van der Waals surface area (Å²) in [5, 5.41) is 4.83. The van der Waals surface area contributed by atoms with Crippen molar-refractivity contribution in [3.05, 3.63) is 328 Å². The summed E-state index contributed by atoms with van der Waals surface area (Å²) in [6.07, 6.45) is 0. The van der Waals surface area contributed by atoms with E-state index < -0.39 is 0 Å². The number of rotatable bonds is 12. The Labute approximate surface area is 477 Å². The van der Waals surface area contributed by atoms with Crippen LogP contribution in [0.3, 0.4) is 0 Å². The molecule has 0 spiro atoms. The van der Waals surface area contributed by atoms with Crippen molar-refractivity contribution in [2.45, 2.75) is 0 Å². The number of hydrogen-bond acceptors (Lipinski definition) is 2. The summed E-state index contributed by atoms with van der Waals surface area (Å²) in [7, 11) is 0. The average molecular weight is 1050 g/mol. The van der Waals surface area contributed by atoms with Gasteiger partial charge in [0.15, 0.2) is 0 Å². The molecule has 0 aliphatic carbocycles. The Morgan fingerprint density at radius 1 is 0.183 bits per heavy atom. The van der Waals surface area contributed by atoms with Crippen LogP contribution in [0, 0.1) is 0 Å². The largest absolute Gasteiger partial charge is 0.310 e. The maximum atomic E-state index is 2.42. The van der Waals surface area contributed by atoms with E-state index in [1.54, 1.807) is 0 Å². The van der Waals surface area contributed by atoms with Crippen LogP contribution >= 0.6 is 0 Å². The lowest BCUT2D eigenvalue weighted by Crippen LogP contribution is -2.10. The van der Waals surface area contributed by atoms with Gasteiger partial charge in [-0.15, -0.1) is 0 Å². The summed E-state index contributed by atoms with van der Waals surface area (Å²) in [5.41, 5.74) is 22.9. The first kappa shape index (κ1) is 48.2. The first-order valence-corrected chi connectivity index (χ1v) is 28.1. The summed E-state index contributed by atoms with van der Waals surface area (Å²) < 4.78 is 4.78. The third-order valence-electron chi connectivity index (χ3n) is 16.1. The first-order valence-electron chi connectivity index (χ1n) is 28.1. The Morgan fingerprint density at radius 2 is 0.427 bits per heavy atom. The van der Waals surface area contributed by atoms with Crippen molar-refractivity contribution in [2.75, 3.05) is 9.80 Å². The standard InChI is InChI=1S/C78H54N4/c1-5-19-55(20-6-1)59-39-47-65(48-40-59)79(73-31-17-33-75-77(73)69-27-13-15-29-71(69)81(75)63-23-9-3-10-24-63)67-51-43-61(44-52-67)57-35-37-58(38-36-57)62-45-53-68(54-46-62)80(66-49-41-60(42-50-66)56-21-7-2-8-22-56)74-32-18-34-76-78(74)70-28-14-16-30-72(70)82(76)64-25-11-4-12-26-64/h1-54H. The van der Waals surface area contributed by atoms with Gasteiger partial charge >= 0.3 is 0 Å². The number of fused-ring (bicyclic) bond motifs is 6. The van der Waals surface area contributed by atoms with Gasteiger partial charge in [-0.2, -0.15) is 0 Å². The number of hydrogen-bond donors (Lipinski definition) is 0. The minimum absolute atomic E-state index is 1.08. The normalized spacial score (nSPS) is 11.4. The van der Waals surface area contributed by atoms with Gasteiger partial charge in [0.25, 0.3) is 0 Å². The highest BCUT2D eigenvalue weighted by Gasteiger charge is 2.23. The Hall–Kier alpha value is -10.9. The number of aromatic nitrogens is 2. The van der Waals surface area contributed by atoms with Crippen LogP contribution < -0.4 is 9.80 Å². The number of para-hydroxylation sites is 4. The van der Waals surface area contributed by atoms with Gasteiger partial charge in [-0.05, 0) is 154 Å². The molecule has 0 saturated carbocycles. The maximum Gasteiger partial charge on any atom is 0.0562 e. The molecule has 0 fully saturated rings. The lowest BCUT2D eigenvalue weighted by Gasteiger charge is -2.27. The zero-order valence-corrected chi connectivity index (χ0v) is 45.0. The molecule has 4 nitrogen and oxygen atoms in total. The van der Waals surface area contributed by atoms with Gasteiger partial charge in [-0.1, -0.05) is 218 Å². The SMILES string of the molecule is c1ccc(-c2ccc(N(c3ccc(-c4ccc(-c5ccc(N(c6ccc(-c7ccccc7)cc6)c6cccc7c6c6ccccc6n7-c6ccccc6)cc5)cc4)cc3)c3cccc4c3c3ccccc3n4-c3ccccc3)cc2)cc1. The molecule has 15 aromatic rings. The van der Waals surface area contributed by atoms with Crippen LogP contribution in [0.5, 0.6) is 0 Å². The monoisotopic (exact) mass is 1050 g/mol. The number of benzene rings is 13. The molecule has 0 aliphatic heterocycles. The third-order valence-corrected chi connectivity index (χ3v) is 16.1. The molecule has 0 radical (unpaired) electrons. The van der Waals surface area contributed by atoms with Crippen molar-refractivity contribution in [1.29, 1.82) is 0 Å². The van der Waals surface area contributed by atoms with Crippen LogP contribution in [-0.4, -0.2) is 9.13 Å². The van der Waals surface area contributed by atoms with Crippen LogP contribution in [0.25, 0.3) is 99.5 Å². The van der Waals surface area contributed by atoms with Crippen molar-refractivity contribution < 1.29 is 0 Å². The highest BCUT2D eigenvalue weighted by Crippen LogP contribution is 2.47. The molecule has 0 N–H and O–H groups in total. The van der Waals surface area contributed by atoms with Crippen molar-refractivity contribution in [1.82, 2.24) is 9.13 Å². The lowest BCUT2D eigenvalue weighted by atomic mass is 9.99. The molecular formula is C78H54N4. The van der Waals surface area contributed by atoms with Crippen molar-refractivity contribution >= 4 is 77.7 Å². The van der Waals surface area contributed by atoms with Crippen molar-refractivity contribution in [3.8, 4) is 55.9 Å². The van der Waals surface area contributed by atoms with Gasteiger partial charge in [0.2, 0.25) is 0 Å². The number of nitrogens with zero attached hydrogens (tertiary/aromatic N) is 4. The highest BCUT2D eigenvalue weighted by atomic mass is 15.2. The van der Waals surface area contributed by atoms with E-state index in [2.05, 4.69) is 347 Å². The Kier molecular flexibility index (Phi) is 12.2. The third kappa shape index (κ3) is 8.58. The Morgan fingerprint density at radius 3 is 0.744 bits per heavy atom. The van der Waals surface area contributed by atoms with Crippen LogP contribution in [0.2, 0.25) is 0 Å². The lowest BCUT2D eigenvalue weighted by molar-refractivity contribution is 1.18. The predicted molar refractivity (Wildman–Crippen MR) is 346 cm³/mol. The fourth-order valence-corrected chi connectivity index (χ4v) is 12.3. The van der Waals surface area contributed by atoms with E-state index in [-0.39, 0.29) is 0 Å². The van der Waals surface area contributed by atoms with E-state index in [9.17, 15) is 0 Å². The van der Waals surface area contributed by atoms with Gasteiger partial charge in [-0.25, -0.2) is 0 Å². The molecule has 15 rings (SSSR count). The molecule has 0 atom stereocenters. The Bertz CT molecular complexity index is 4420. The molecule has 0 bridgehead atoms. The van der Waals surface area contributed by atoms with Gasteiger partial charge in [0.05, 0.1) is 33.4 Å². The molecule has 0 unspecified atom stereocenters. The van der Waals surface area contributed by atoms with Gasteiger partial charge in [0.1, 0.15) is 0 Å². The fourth-order valence-electron chi connectivity index (χ4n) is 12.3. The second kappa shape index (κ2) is 20.7. The van der Waals surface area contributed by atoms with Crippen LogP contribution in [0.15, 0.2) is 328 Å². The second-order valence-corrected chi connectivity index (χ2v) is 20.9. The molecule has 4 heteroatoms. The summed E-state index contributed by atoms with van der Waals surface area (Å²) in [4.78, 5) is 4.83. The first-order chi connectivity index (χ1) is 40.7. The van der Waals surface area contributed by atoms with E-state index in [0.29, 0.717) is 0 Å². The molecule has 82 heavy (non-hydrogen) atoms. The molecule has 0 saturated heterocycles. The summed E-state index contributed by atoms with van der Waals surface area (Å²) in [6, 6.07) is 119. The van der Waals surface area contributed by atoms with Crippen molar-refractivity contribution in [3.63, 3.8) is 0 Å². The number of anilines is 6. The summed E-state index contributed by atoms with van der Waals surface area (Å²) in [6.45, 7) is 0. The molecule has 2 aromatic heterocycles. The fraction of sp³-hybridized carbons (Fsp3) is 0. The van der Waals surface area contributed by atoms with Crippen molar-refractivity contribution in [2.24, 2.45) is 0 Å². The smallest absolute Gasteiger partial charge is 0.0562 e. The molecule has 0 aliphatic rings. The minimum atomic E-state index is 1.08. The molecule has 2 heterocycles. The van der Waals surface area contributed by atoms with E-state index in [0.717, 1.165) is 78.8 Å². The second-order valence-electron chi connectivity index (χ2n) is 20.9. The zero-order chi connectivity index (χ0) is 54.3. The minimum Gasteiger partial charge on any atom is -0.310 e. The maximum absolute atomic E-state index is 2.42. The van der Waals surface area contributed by atoms with Gasteiger partial charge in [0, 0.05) is 55.7 Å².